The lowest BCUT2D eigenvalue weighted by molar-refractivity contribution is 0.614. The van der Waals surface area contributed by atoms with Crippen LogP contribution in [0.2, 0.25) is 5.02 Å². The van der Waals surface area contributed by atoms with E-state index in [0.29, 0.717) is 5.92 Å². The van der Waals surface area contributed by atoms with E-state index in [4.69, 9.17) is 11.6 Å². The maximum atomic E-state index is 12.9. The van der Waals surface area contributed by atoms with E-state index in [9.17, 15) is 4.39 Å². The van der Waals surface area contributed by atoms with E-state index in [1.54, 1.807) is 12.1 Å². The van der Waals surface area contributed by atoms with Crippen molar-refractivity contribution in [2.75, 3.05) is 25.0 Å². The average molecular weight is 229 g/mol. The van der Waals surface area contributed by atoms with Crippen LogP contribution in [-0.4, -0.2) is 19.6 Å². The highest BCUT2D eigenvalue weighted by molar-refractivity contribution is 6.31. The molecule has 0 aromatic heterocycles. The molecule has 1 aliphatic rings. The Morgan fingerprint density at radius 3 is 3.07 bits per heavy atom. The van der Waals surface area contributed by atoms with E-state index in [-0.39, 0.29) is 10.8 Å². The van der Waals surface area contributed by atoms with Crippen LogP contribution in [0.3, 0.4) is 0 Å². The Morgan fingerprint density at radius 2 is 2.40 bits per heavy atom. The van der Waals surface area contributed by atoms with Crippen LogP contribution < -0.4 is 10.6 Å². The van der Waals surface area contributed by atoms with Crippen LogP contribution in [0, 0.1) is 11.7 Å². The standard InChI is InChI=1S/C11H14ClFN2/c12-10-5-9(1-2-11(10)13)15-7-8-3-4-14-6-8/h1-2,5,8,14-15H,3-4,6-7H2. The van der Waals surface area contributed by atoms with Gasteiger partial charge in [-0.05, 0) is 43.6 Å². The van der Waals surface area contributed by atoms with Crippen LogP contribution in [0.25, 0.3) is 0 Å². The number of nitrogens with one attached hydrogen (secondary N) is 2. The molecule has 0 aliphatic carbocycles. The summed E-state index contributed by atoms with van der Waals surface area (Å²) in [4.78, 5) is 0. The highest BCUT2D eigenvalue weighted by atomic mass is 35.5. The molecule has 15 heavy (non-hydrogen) atoms. The van der Waals surface area contributed by atoms with Crippen molar-refractivity contribution < 1.29 is 4.39 Å². The molecule has 1 atom stereocenters. The Labute approximate surface area is 93.8 Å². The normalized spacial score (nSPS) is 20.5. The summed E-state index contributed by atoms with van der Waals surface area (Å²) in [5.41, 5.74) is 0.883. The summed E-state index contributed by atoms with van der Waals surface area (Å²) < 4.78 is 12.9. The first kappa shape index (κ1) is 10.7. The number of hydrogen-bond donors (Lipinski definition) is 2. The Morgan fingerprint density at radius 1 is 1.53 bits per heavy atom. The molecule has 1 aromatic carbocycles. The monoisotopic (exact) mass is 228 g/mol. The van der Waals surface area contributed by atoms with Gasteiger partial charge in [0.15, 0.2) is 0 Å². The summed E-state index contributed by atoms with van der Waals surface area (Å²) >= 11 is 5.68. The summed E-state index contributed by atoms with van der Waals surface area (Å²) in [6, 6.07) is 4.72. The van der Waals surface area contributed by atoms with Gasteiger partial charge in [-0.2, -0.15) is 0 Å². The van der Waals surface area contributed by atoms with Gasteiger partial charge in [0, 0.05) is 12.2 Å². The average Bonchev–Trinajstić information content (AvgIpc) is 2.73. The molecule has 0 amide bonds. The molecule has 1 aromatic rings. The summed E-state index contributed by atoms with van der Waals surface area (Å²) in [6.45, 7) is 3.06. The SMILES string of the molecule is Fc1ccc(NCC2CCNC2)cc1Cl. The first-order valence-corrected chi connectivity index (χ1v) is 5.53. The minimum atomic E-state index is -0.371. The first-order valence-electron chi connectivity index (χ1n) is 5.15. The topological polar surface area (TPSA) is 24.1 Å². The third kappa shape index (κ3) is 2.83. The van der Waals surface area contributed by atoms with Crippen LogP contribution in [0.5, 0.6) is 0 Å². The molecule has 1 saturated heterocycles. The molecule has 0 bridgehead atoms. The number of benzene rings is 1. The van der Waals surface area contributed by atoms with Gasteiger partial charge in [-0.15, -0.1) is 0 Å². The predicted molar refractivity (Wildman–Crippen MR) is 60.9 cm³/mol. The summed E-state index contributed by atoms with van der Waals surface area (Å²) in [6.07, 6.45) is 1.20. The molecule has 82 valence electrons. The largest absolute Gasteiger partial charge is 0.385 e. The second kappa shape index (κ2) is 4.81. The Hall–Kier alpha value is -0.800. The molecule has 0 saturated carbocycles. The van der Waals surface area contributed by atoms with Gasteiger partial charge in [0.2, 0.25) is 0 Å². The quantitative estimate of drug-likeness (QED) is 0.831. The van der Waals surface area contributed by atoms with Gasteiger partial charge in [0.05, 0.1) is 5.02 Å². The van der Waals surface area contributed by atoms with Gasteiger partial charge >= 0.3 is 0 Å². The van der Waals surface area contributed by atoms with Crippen molar-refractivity contribution in [3.05, 3.63) is 29.0 Å². The molecule has 4 heteroatoms. The number of anilines is 1. The number of hydrogen-bond acceptors (Lipinski definition) is 2. The third-order valence-corrected chi connectivity index (χ3v) is 2.97. The van der Waals surface area contributed by atoms with Crippen molar-refractivity contribution in [1.82, 2.24) is 5.32 Å². The molecule has 0 spiro atoms. The molecule has 1 heterocycles. The molecular formula is C11H14ClFN2. The van der Waals surface area contributed by atoms with E-state index < -0.39 is 0 Å². The summed E-state index contributed by atoms with van der Waals surface area (Å²) in [5.74, 6) is 0.290. The molecule has 1 aliphatic heterocycles. The number of halogens is 2. The van der Waals surface area contributed by atoms with Crippen LogP contribution in [-0.2, 0) is 0 Å². The van der Waals surface area contributed by atoms with Crippen molar-refractivity contribution in [1.29, 1.82) is 0 Å². The lowest BCUT2D eigenvalue weighted by Crippen LogP contribution is -2.17. The van der Waals surface area contributed by atoms with E-state index in [2.05, 4.69) is 10.6 Å². The molecule has 2 N–H and O–H groups in total. The zero-order valence-electron chi connectivity index (χ0n) is 8.39. The maximum Gasteiger partial charge on any atom is 0.141 e. The highest BCUT2D eigenvalue weighted by Gasteiger charge is 2.13. The fraction of sp³-hybridized carbons (Fsp3) is 0.455. The minimum absolute atomic E-state index is 0.171. The van der Waals surface area contributed by atoms with Gasteiger partial charge < -0.3 is 10.6 Å². The maximum absolute atomic E-state index is 12.9. The highest BCUT2D eigenvalue weighted by Crippen LogP contribution is 2.20. The van der Waals surface area contributed by atoms with Crippen LogP contribution in [0.1, 0.15) is 6.42 Å². The molecule has 2 nitrogen and oxygen atoms in total. The van der Waals surface area contributed by atoms with Gasteiger partial charge in [-0.25, -0.2) is 4.39 Å². The smallest absolute Gasteiger partial charge is 0.141 e. The lowest BCUT2D eigenvalue weighted by atomic mass is 10.1. The van der Waals surface area contributed by atoms with Crippen LogP contribution >= 0.6 is 11.6 Å². The number of rotatable bonds is 3. The summed E-state index contributed by atoms with van der Waals surface area (Å²) in [7, 11) is 0. The van der Waals surface area contributed by atoms with E-state index in [1.165, 1.54) is 12.5 Å². The summed E-state index contributed by atoms with van der Waals surface area (Å²) in [5, 5.41) is 6.74. The first-order chi connectivity index (χ1) is 7.25. The minimum Gasteiger partial charge on any atom is -0.385 e. The Bertz CT molecular complexity index is 337. The molecule has 1 fully saturated rings. The van der Waals surface area contributed by atoms with Crippen molar-refractivity contribution in [2.24, 2.45) is 5.92 Å². The van der Waals surface area contributed by atoms with Crippen molar-refractivity contribution in [3.8, 4) is 0 Å². The molecular weight excluding hydrogens is 215 g/mol. The van der Waals surface area contributed by atoms with E-state index >= 15 is 0 Å². The molecule has 1 unspecified atom stereocenters. The van der Waals surface area contributed by atoms with Gasteiger partial charge in [-0.3, -0.25) is 0 Å². The second-order valence-corrected chi connectivity index (χ2v) is 4.28. The van der Waals surface area contributed by atoms with Crippen molar-refractivity contribution in [2.45, 2.75) is 6.42 Å². The van der Waals surface area contributed by atoms with Crippen LogP contribution in [0.4, 0.5) is 10.1 Å². The van der Waals surface area contributed by atoms with E-state index in [0.717, 1.165) is 25.3 Å². The zero-order chi connectivity index (χ0) is 10.7. The van der Waals surface area contributed by atoms with Crippen molar-refractivity contribution >= 4 is 17.3 Å². The predicted octanol–water partition coefficient (Wildman–Crippen LogP) is 2.50. The second-order valence-electron chi connectivity index (χ2n) is 3.87. The van der Waals surface area contributed by atoms with Gasteiger partial charge in [-0.1, -0.05) is 11.6 Å². The Balaban J connectivity index is 1.90. The molecule has 2 rings (SSSR count). The van der Waals surface area contributed by atoms with Crippen molar-refractivity contribution in [3.63, 3.8) is 0 Å². The van der Waals surface area contributed by atoms with Crippen LogP contribution in [0.15, 0.2) is 18.2 Å². The van der Waals surface area contributed by atoms with E-state index in [1.807, 2.05) is 0 Å². The third-order valence-electron chi connectivity index (χ3n) is 2.68. The molecule has 0 radical (unpaired) electrons. The fourth-order valence-corrected chi connectivity index (χ4v) is 1.94. The Kier molecular flexibility index (Phi) is 3.44. The van der Waals surface area contributed by atoms with Gasteiger partial charge in [0.1, 0.15) is 5.82 Å². The fourth-order valence-electron chi connectivity index (χ4n) is 1.76. The zero-order valence-corrected chi connectivity index (χ0v) is 9.15. The van der Waals surface area contributed by atoms with Gasteiger partial charge in [0.25, 0.3) is 0 Å². The lowest BCUT2D eigenvalue weighted by Gasteiger charge is -2.11.